The molecule has 0 bridgehead atoms. The lowest BCUT2D eigenvalue weighted by Gasteiger charge is -2.20. The predicted octanol–water partition coefficient (Wildman–Crippen LogP) is 12.9. The first-order valence-electron chi connectivity index (χ1n) is 18.8. The molecule has 3 heterocycles. The zero-order valence-corrected chi connectivity index (χ0v) is 31.5. The van der Waals surface area contributed by atoms with Crippen LogP contribution in [0.15, 0.2) is 146 Å². The number of aryl methyl sites for hydroxylation is 4. The topological polar surface area (TPSA) is 52.9 Å². The summed E-state index contributed by atoms with van der Waals surface area (Å²) in [6, 6.07) is 52.1. The molecule has 0 saturated carbocycles. The van der Waals surface area contributed by atoms with Gasteiger partial charge in [0.05, 0.1) is 40.0 Å². The van der Waals surface area contributed by atoms with Gasteiger partial charge in [-0.3, -0.25) is 0 Å². The Balaban J connectivity index is 1.37. The third kappa shape index (κ3) is 5.36. The van der Waals surface area contributed by atoms with Crippen LogP contribution in [0.3, 0.4) is 0 Å². The van der Waals surface area contributed by atoms with Crippen LogP contribution in [0, 0.1) is 34.3 Å². The van der Waals surface area contributed by atoms with Gasteiger partial charge in [-0.2, -0.15) is 0 Å². The van der Waals surface area contributed by atoms with Gasteiger partial charge in [-0.05, 0) is 86.3 Å². The third-order valence-electron chi connectivity index (χ3n) is 10.8. The van der Waals surface area contributed by atoms with Gasteiger partial charge in [0.25, 0.3) is 0 Å². The molecule has 56 heavy (non-hydrogen) atoms. The van der Waals surface area contributed by atoms with Gasteiger partial charge in [0, 0.05) is 27.1 Å². The van der Waals surface area contributed by atoms with E-state index in [4.69, 9.17) is 16.5 Å². The van der Waals surface area contributed by atoms with Gasteiger partial charge >= 0.3 is 0 Å². The number of aromatic nitrogens is 5. The maximum atomic E-state index is 8.54. The van der Waals surface area contributed by atoms with E-state index in [0.29, 0.717) is 28.7 Å². The Kier molecular flexibility index (Phi) is 7.65. The van der Waals surface area contributed by atoms with E-state index in [1.54, 1.807) is 0 Å². The minimum atomic E-state index is 0.468. The lowest BCUT2D eigenvalue weighted by Crippen LogP contribution is -2.06. The van der Waals surface area contributed by atoms with Gasteiger partial charge in [0.1, 0.15) is 11.6 Å². The zero-order valence-electron chi connectivity index (χ0n) is 31.5. The van der Waals surface area contributed by atoms with Crippen LogP contribution in [-0.2, 0) is 0 Å². The van der Waals surface area contributed by atoms with E-state index in [9.17, 15) is 0 Å². The molecule has 0 spiro atoms. The molecule has 6 heteroatoms. The largest absolute Gasteiger partial charge is 0.308 e. The van der Waals surface area contributed by atoms with Crippen molar-refractivity contribution in [2.24, 2.45) is 0 Å². The van der Waals surface area contributed by atoms with Gasteiger partial charge in [0.15, 0.2) is 11.5 Å². The lowest BCUT2D eigenvalue weighted by atomic mass is 10.0. The minimum absolute atomic E-state index is 0.468. The molecule has 0 aliphatic heterocycles. The molecule has 7 aromatic carbocycles. The van der Waals surface area contributed by atoms with Crippen molar-refractivity contribution in [3.05, 3.63) is 180 Å². The molecule has 266 valence electrons. The molecule has 0 amide bonds. The van der Waals surface area contributed by atoms with Gasteiger partial charge in [-0.1, -0.05) is 120 Å². The third-order valence-corrected chi connectivity index (χ3v) is 10.8. The number of hydrogen-bond donors (Lipinski definition) is 0. The predicted molar refractivity (Wildman–Crippen MR) is 230 cm³/mol. The molecule has 3 aromatic heterocycles. The van der Waals surface area contributed by atoms with Crippen molar-refractivity contribution in [1.82, 2.24) is 24.1 Å². The maximum absolute atomic E-state index is 8.54. The Morgan fingerprint density at radius 3 is 1.39 bits per heavy atom. The molecule has 0 atom stereocenters. The highest BCUT2D eigenvalue weighted by Gasteiger charge is 2.24. The Morgan fingerprint density at radius 1 is 0.429 bits per heavy atom. The average Bonchev–Trinajstić information content (AvgIpc) is 3.72. The van der Waals surface area contributed by atoms with E-state index in [2.05, 4.69) is 172 Å². The number of benzene rings is 7. The van der Waals surface area contributed by atoms with Crippen LogP contribution in [0.4, 0.5) is 5.69 Å². The first-order valence-corrected chi connectivity index (χ1v) is 18.8. The number of hydrogen-bond acceptors (Lipinski definition) is 3. The van der Waals surface area contributed by atoms with Crippen LogP contribution < -0.4 is 0 Å². The highest BCUT2D eigenvalue weighted by molar-refractivity contribution is 6.13. The Morgan fingerprint density at radius 2 is 0.893 bits per heavy atom. The number of fused-ring (bicyclic) bond motifs is 6. The maximum Gasteiger partial charge on any atom is 0.200 e. The normalized spacial score (nSPS) is 11.6. The summed E-state index contributed by atoms with van der Waals surface area (Å²) >= 11 is 0. The Hall–Kier alpha value is -7.36. The quantitative estimate of drug-likeness (QED) is 0.166. The average molecular weight is 721 g/mol. The Bertz CT molecular complexity index is 3250. The van der Waals surface area contributed by atoms with Crippen LogP contribution in [-0.4, -0.2) is 24.1 Å². The van der Waals surface area contributed by atoms with E-state index in [-0.39, 0.29) is 0 Å². The monoisotopic (exact) mass is 720 g/mol. The first-order chi connectivity index (χ1) is 27.3. The van der Waals surface area contributed by atoms with Gasteiger partial charge < -0.3 is 9.13 Å². The van der Waals surface area contributed by atoms with E-state index < -0.39 is 0 Å². The van der Waals surface area contributed by atoms with Gasteiger partial charge in [0.2, 0.25) is 0 Å². The van der Waals surface area contributed by atoms with E-state index in [0.717, 1.165) is 77.2 Å². The summed E-state index contributed by atoms with van der Waals surface area (Å²) in [6.07, 6.45) is 0. The van der Waals surface area contributed by atoms with Crippen LogP contribution >= 0.6 is 0 Å². The lowest BCUT2D eigenvalue weighted by molar-refractivity contribution is 0.928. The highest BCUT2D eigenvalue weighted by Crippen LogP contribution is 2.44. The van der Waals surface area contributed by atoms with Crippen LogP contribution in [0.25, 0.3) is 93.5 Å². The summed E-state index contributed by atoms with van der Waals surface area (Å²) in [5.74, 6) is 1.71. The van der Waals surface area contributed by atoms with Crippen molar-refractivity contribution in [2.45, 2.75) is 27.7 Å². The molecular formula is C50H36N6. The molecule has 6 nitrogen and oxygen atoms in total. The highest BCUT2D eigenvalue weighted by atomic mass is 15.1. The summed E-state index contributed by atoms with van der Waals surface area (Å²) in [5, 5.41) is 4.58. The molecule has 0 fully saturated rings. The fourth-order valence-electron chi connectivity index (χ4n) is 8.40. The van der Waals surface area contributed by atoms with Gasteiger partial charge in [-0.15, -0.1) is 0 Å². The smallest absolute Gasteiger partial charge is 0.200 e. The van der Waals surface area contributed by atoms with Crippen molar-refractivity contribution in [3.63, 3.8) is 0 Å². The van der Waals surface area contributed by atoms with Crippen molar-refractivity contribution in [2.75, 3.05) is 0 Å². The molecule has 0 aliphatic carbocycles. The van der Waals surface area contributed by atoms with Crippen molar-refractivity contribution in [3.8, 4) is 45.0 Å². The second-order valence-electron chi connectivity index (χ2n) is 14.6. The minimum Gasteiger partial charge on any atom is -0.308 e. The number of para-hydroxylation sites is 2. The standard InChI is InChI=1S/C50H36N6/c1-30-12-10-14-34(24-30)36-20-22-40-38-16-6-8-18-44(38)55(46(40)26-36)48-28-42(50-53-32(3)52-33(4)54-50)43(51-5)29-49(48)56-45-19-9-7-17-39(45)41-23-21-37(27-47(41)56)35-15-11-13-31(2)25-35/h6-29H,1-4H3. The molecule has 0 unspecified atom stereocenters. The summed E-state index contributed by atoms with van der Waals surface area (Å²) < 4.78 is 4.70. The zero-order chi connectivity index (χ0) is 38.1. The molecule has 10 rings (SSSR count). The van der Waals surface area contributed by atoms with Crippen LogP contribution in [0.2, 0.25) is 0 Å². The van der Waals surface area contributed by atoms with E-state index >= 15 is 0 Å². The summed E-state index contributed by atoms with van der Waals surface area (Å²) in [5.41, 5.74) is 14.2. The molecule has 0 radical (unpaired) electrons. The molecule has 0 aliphatic rings. The Labute approximate surface area is 324 Å². The second kappa shape index (κ2) is 12.9. The fraction of sp³-hybridized carbons (Fsp3) is 0.0800. The fourth-order valence-corrected chi connectivity index (χ4v) is 8.40. The number of nitrogens with zero attached hydrogens (tertiary/aromatic N) is 6. The van der Waals surface area contributed by atoms with Crippen molar-refractivity contribution in [1.29, 1.82) is 0 Å². The summed E-state index contributed by atoms with van der Waals surface area (Å²) in [6.45, 7) is 16.5. The van der Waals surface area contributed by atoms with Crippen molar-refractivity contribution < 1.29 is 0 Å². The summed E-state index contributed by atoms with van der Waals surface area (Å²) in [4.78, 5) is 18.2. The summed E-state index contributed by atoms with van der Waals surface area (Å²) in [7, 11) is 0. The van der Waals surface area contributed by atoms with Crippen molar-refractivity contribution >= 4 is 49.3 Å². The first kappa shape index (κ1) is 33.2. The molecule has 10 aromatic rings. The van der Waals surface area contributed by atoms with Gasteiger partial charge in [-0.25, -0.2) is 19.8 Å². The molecular weight excluding hydrogens is 685 g/mol. The van der Waals surface area contributed by atoms with Crippen LogP contribution in [0.5, 0.6) is 0 Å². The molecule has 0 N–H and O–H groups in total. The van der Waals surface area contributed by atoms with E-state index in [1.807, 2.05) is 19.9 Å². The SMILES string of the molecule is [C-]#[N+]c1cc(-n2c3ccccc3c3ccc(-c4cccc(C)c4)cc32)c(-n2c3ccccc3c3ccc(-c4cccc(C)c4)cc32)cc1-c1nc(C)nc(C)n1. The second-order valence-corrected chi connectivity index (χ2v) is 14.6. The molecule has 0 saturated heterocycles. The van der Waals surface area contributed by atoms with Crippen LogP contribution in [0.1, 0.15) is 22.8 Å². The van der Waals surface area contributed by atoms with E-state index in [1.165, 1.54) is 11.1 Å². The number of rotatable bonds is 5.